The van der Waals surface area contributed by atoms with Gasteiger partial charge in [-0.3, -0.25) is 5.43 Å². The molecule has 0 heterocycles. The molecule has 0 radical (unpaired) electrons. The van der Waals surface area contributed by atoms with Crippen LogP contribution in [0, 0.1) is 0 Å². The number of nitrogens with one attached hydrogen (secondary N) is 1. The molecule has 0 spiro atoms. The van der Waals surface area contributed by atoms with Crippen molar-refractivity contribution in [2.75, 3.05) is 6.61 Å². The molecule has 1 aromatic carbocycles. The number of unbranched alkanes of at least 4 members (excludes halogenated alkanes) is 1. The Kier molecular flexibility index (Phi) is 6.67. The summed E-state index contributed by atoms with van der Waals surface area (Å²) in [5, 5.41) is 4.06. The number of nitrogens with zero attached hydrogens (tertiary/aromatic N) is 1. The zero-order chi connectivity index (χ0) is 13.4. The van der Waals surface area contributed by atoms with Gasteiger partial charge in [0.25, 0.3) is 0 Å². The largest absolute Gasteiger partial charge is 0.493 e. The van der Waals surface area contributed by atoms with Crippen molar-refractivity contribution < 1.29 is 4.74 Å². The lowest BCUT2D eigenvalue weighted by Gasteiger charge is -2.08. The van der Waals surface area contributed by atoms with Crippen molar-refractivity contribution >= 4 is 39.5 Å². The first kappa shape index (κ1) is 14.9. The van der Waals surface area contributed by atoms with E-state index in [1.54, 1.807) is 6.21 Å². The molecule has 98 valence electrons. The molecule has 0 aliphatic rings. The van der Waals surface area contributed by atoms with Crippen molar-refractivity contribution in [2.24, 2.45) is 10.8 Å². The summed E-state index contributed by atoms with van der Waals surface area (Å²) in [5.74, 6) is 0.792. The van der Waals surface area contributed by atoms with Crippen molar-refractivity contribution in [1.29, 1.82) is 0 Å². The van der Waals surface area contributed by atoms with Crippen LogP contribution in [0.2, 0.25) is 0 Å². The van der Waals surface area contributed by atoms with Gasteiger partial charge in [-0.2, -0.15) is 5.10 Å². The zero-order valence-corrected chi connectivity index (χ0v) is 12.6. The number of halogens is 1. The quantitative estimate of drug-likeness (QED) is 0.364. The third-order valence-corrected chi connectivity index (χ3v) is 2.69. The highest BCUT2D eigenvalue weighted by atomic mass is 79.9. The van der Waals surface area contributed by atoms with E-state index in [4.69, 9.17) is 10.5 Å². The molecule has 4 nitrogen and oxygen atoms in total. The lowest BCUT2D eigenvalue weighted by Crippen LogP contribution is -2.24. The molecule has 0 bridgehead atoms. The van der Waals surface area contributed by atoms with Crippen LogP contribution in [0.3, 0.4) is 0 Å². The molecule has 0 saturated carbocycles. The summed E-state index contributed by atoms with van der Waals surface area (Å²) in [6.45, 7) is 2.82. The lowest BCUT2D eigenvalue weighted by molar-refractivity contribution is 0.309. The van der Waals surface area contributed by atoms with Crippen LogP contribution in [0.25, 0.3) is 0 Å². The molecule has 0 fully saturated rings. The summed E-state index contributed by atoms with van der Waals surface area (Å²) in [6, 6.07) is 5.76. The van der Waals surface area contributed by atoms with E-state index in [0.29, 0.717) is 6.61 Å². The first-order valence-corrected chi connectivity index (χ1v) is 6.84. The summed E-state index contributed by atoms with van der Waals surface area (Å²) in [4.78, 5) is 0. The van der Waals surface area contributed by atoms with Crippen molar-refractivity contribution in [2.45, 2.75) is 19.8 Å². The maximum absolute atomic E-state index is 5.69. The van der Waals surface area contributed by atoms with Crippen LogP contribution in [-0.2, 0) is 0 Å². The SMILES string of the molecule is CCCCOc1ccc(Br)cc1/C=N/NC(N)=S. The number of benzene rings is 1. The number of rotatable bonds is 6. The summed E-state index contributed by atoms with van der Waals surface area (Å²) in [5.41, 5.74) is 8.67. The van der Waals surface area contributed by atoms with Gasteiger partial charge in [-0.25, -0.2) is 0 Å². The Morgan fingerprint density at radius 3 is 3.06 bits per heavy atom. The Labute approximate surface area is 121 Å². The maximum atomic E-state index is 5.69. The third kappa shape index (κ3) is 5.46. The Balaban J connectivity index is 2.76. The fourth-order valence-electron chi connectivity index (χ4n) is 1.24. The van der Waals surface area contributed by atoms with Crippen molar-refractivity contribution in [3.8, 4) is 5.75 Å². The zero-order valence-electron chi connectivity index (χ0n) is 10.1. The average molecular weight is 330 g/mol. The van der Waals surface area contributed by atoms with Gasteiger partial charge in [0.1, 0.15) is 5.75 Å². The minimum atomic E-state index is 0.134. The van der Waals surface area contributed by atoms with Crippen LogP contribution in [-0.4, -0.2) is 17.9 Å². The standard InChI is InChI=1S/C12H16BrN3OS/c1-2-3-6-17-11-5-4-10(13)7-9(11)8-15-16-12(14)18/h4-5,7-8H,2-3,6H2,1H3,(H3,14,16,18)/b15-8+. The third-order valence-electron chi connectivity index (χ3n) is 2.11. The molecule has 0 unspecified atom stereocenters. The van der Waals surface area contributed by atoms with E-state index in [-0.39, 0.29) is 5.11 Å². The van der Waals surface area contributed by atoms with E-state index in [1.165, 1.54) is 0 Å². The molecule has 18 heavy (non-hydrogen) atoms. The van der Waals surface area contributed by atoms with E-state index in [2.05, 4.69) is 45.6 Å². The average Bonchev–Trinajstić information content (AvgIpc) is 2.31. The van der Waals surface area contributed by atoms with Crippen molar-refractivity contribution in [1.82, 2.24) is 5.43 Å². The van der Waals surface area contributed by atoms with Gasteiger partial charge >= 0.3 is 0 Å². The molecule has 0 aliphatic heterocycles. The van der Waals surface area contributed by atoms with Crippen molar-refractivity contribution in [3.05, 3.63) is 28.2 Å². The second-order valence-corrected chi connectivity index (χ2v) is 4.97. The van der Waals surface area contributed by atoms with Gasteiger partial charge in [0.15, 0.2) is 5.11 Å². The minimum absolute atomic E-state index is 0.134. The number of nitrogens with two attached hydrogens (primary N) is 1. The van der Waals surface area contributed by atoms with E-state index < -0.39 is 0 Å². The molecule has 6 heteroatoms. The van der Waals surface area contributed by atoms with Gasteiger partial charge in [-0.05, 0) is 36.8 Å². The Hall–Kier alpha value is -1.14. The Bertz CT molecular complexity index is 437. The molecule has 1 aromatic rings. The number of ether oxygens (including phenoxy) is 1. The minimum Gasteiger partial charge on any atom is -0.493 e. The van der Waals surface area contributed by atoms with E-state index in [1.807, 2.05) is 18.2 Å². The summed E-state index contributed by atoms with van der Waals surface area (Å²) in [7, 11) is 0. The second kappa shape index (κ2) is 8.05. The highest BCUT2D eigenvalue weighted by molar-refractivity contribution is 9.10. The monoisotopic (exact) mass is 329 g/mol. The van der Waals surface area contributed by atoms with E-state index >= 15 is 0 Å². The second-order valence-electron chi connectivity index (χ2n) is 3.62. The van der Waals surface area contributed by atoms with Gasteiger partial charge in [0.05, 0.1) is 12.8 Å². The van der Waals surface area contributed by atoms with Crippen LogP contribution >= 0.6 is 28.1 Å². The highest BCUT2D eigenvalue weighted by Crippen LogP contribution is 2.22. The molecule has 0 saturated heterocycles. The first-order valence-electron chi connectivity index (χ1n) is 5.64. The molecule has 0 atom stereocenters. The predicted molar refractivity (Wildman–Crippen MR) is 82.1 cm³/mol. The van der Waals surface area contributed by atoms with Crippen LogP contribution in [0.5, 0.6) is 5.75 Å². The van der Waals surface area contributed by atoms with Gasteiger partial charge < -0.3 is 10.5 Å². The molecule has 1 rings (SSSR count). The topological polar surface area (TPSA) is 59.6 Å². The highest BCUT2D eigenvalue weighted by Gasteiger charge is 2.02. The fraction of sp³-hybridized carbons (Fsp3) is 0.333. The van der Waals surface area contributed by atoms with Gasteiger partial charge in [-0.1, -0.05) is 29.3 Å². The molecule has 0 aliphatic carbocycles. The van der Waals surface area contributed by atoms with E-state index in [0.717, 1.165) is 28.6 Å². The van der Waals surface area contributed by atoms with Crippen LogP contribution in [0.1, 0.15) is 25.3 Å². The Morgan fingerprint density at radius 1 is 1.61 bits per heavy atom. The molecule has 0 amide bonds. The molecule has 0 aromatic heterocycles. The lowest BCUT2D eigenvalue weighted by atomic mass is 10.2. The first-order chi connectivity index (χ1) is 8.63. The summed E-state index contributed by atoms with van der Waals surface area (Å²) in [6.07, 6.45) is 3.76. The molecular formula is C12H16BrN3OS. The summed E-state index contributed by atoms with van der Waals surface area (Å²) >= 11 is 8.08. The molecular weight excluding hydrogens is 314 g/mol. The van der Waals surface area contributed by atoms with Gasteiger partial charge in [-0.15, -0.1) is 0 Å². The smallest absolute Gasteiger partial charge is 0.184 e. The summed E-state index contributed by atoms with van der Waals surface area (Å²) < 4.78 is 6.65. The van der Waals surface area contributed by atoms with Gasteiger partial charge in [0, 0.05) is 10.0 Å². The van der Waals surface area contributed by atoms with E-state index in [9.17, 15) is 0 Å². The Morgan fingerprint density at radius 2 is 2.39 bits per heavy atom. The molecule has 3 N–H and O–H groups in total. The number of hydrazone groups is 1. The number of thiocarbonyl (C=S) groups is 1. The number of hydrogen-bond acceptors (Lipinski definition) is 3. The predicted octanol–water partition coefficient (Wildman–Crippen LogP) is 2.80. The van der Waals surface area contributed by atoms with Crippen LogP contribution in [0.15, 0.2) is 27.8 Å². The number of hydrogen-bond donors (Lipinski definition) is 2. The van der Waals surface area contributed by atoms with Gasteiger partial charge in [0.2, 0.25) is 0 Å². The maximum Gasteiger partial charge on any atom is 0.184 e. The van der Waals surface area contributed by atoms with Crippen molar-refractivity contribution in [3.63, 3.8) is 0 Å². The van der Waals surface area contributed by atoms with Crippen LogP contribution in [0.4, 0.5) is 0 Å². The van der Waals surface area contributed by atoms with Crippen LogP contribution < -0.4 is 15.9 Å². The normalized spacial score (nSPS) is 10.6. The fourth-order valence-corrected chi connectivity index (χ4v) is 1.68.